The van der Waals surface area contributed by atoms with Gasteiger partial charge in [0.25, 0.3) is 0 Å². The standard InChI is InChI=1S/C17H20F4N2O2/c1-23(8-11-5-12(17(19,20)21)7-13(18)6-11)15(24)14-9-25-16(10-22-14)3-2-4-16/h5-7,14,22H,2-4,8-10H2,1H3. The van der Waals surface area contributed by atoms with Crippen molar-refractivity contribution in [3.8, 4) is 0 Å². The molecule has 1 heterocycles. The molecular formula is C17H20F4N2O2. The summed E-state index contributed by atoms with van der Waals surface area (Å²) in [5.74, 6) is -1.26. The van der Waals surface area contributed by atoms with E-state index in [1.54, 1.807) is 0 Å². The van der Waals surface area contributed by atoms with Crippen molar-refractivity contribution in [2.45, 2.75) is 43.6 Å². The minimum atomic E-state index is -4.63. The molecule has 1 aliphatic carbocycles. The largest absolute Gasteiger partial charge is 0.416 e. The van der Waals surface area contributed by atoms with E-state index in [0.29, 0.717) is 12.6 Å². The zero-order valence-corrected chi connectivity index (χ0v) is 13.8. The molecule has 1 atom stereocenters. The van der Waals surface area contributed by atoms with E-state index in [1.807, 2.05) is 0 Å². The summed E-state index contributed by atoms with van der Waals surface area (Å²) < 4.78 is 57.6. The summed E-state index contributed by atoms with van der Waals surface area (Å²) in [6.07, 6.45) is -1.57. The molecule has 138 valence electrons. The molecule has 8 heteroatoms. The smallest absolute Gasteiger partial charge is 0.372 e. The van der Waals surface area contributed by atoms with Crippen LogP contribution in [-0.4, -0.2) is 42.6 Å². The number of morpholine rings is 1. The molecule has 0 bridgehead atoms. The van der Waals surface area contributed by atoms with E-state index in [1.165, 1.54) is 11.9 Å². The van der Waals surface area contributed by atoms with Gasteiger partial charge < -0.3 is 15.0 Å². The Morgan fingerprint density at radius 2 is 2.08 bits per heavy atom. The van der Waals surface area contributed by atoms with Crippen molar-refractivity contribution in [3.63, 3.8) is 0 Å². The van der Waals surface area contributed by atoms with E-state index < -0.39 is 23.6 Å². The van der Waals surface area contributed by atoms with Crippen molar-refractivity contribution >= 4 is 5.91 Å². The first kappa shape index (κ1) is 18.1. The van der Waals surface area contributed by atoms with Crippen LogP contribution in [0.5, 0.6) is 0 Å². The molecule has 1 N–H and O–H groups in total. The minimum Gasteiger partial charge on any atom is -0.372 e. The van der Waals surface area contributed by atoms with E-state index in [2.05, 4.69) is 5.32 Å². The summed E-state index contributed by atoms with van der Waals surface area (Å²) in [6, 6.07) is 1.78. The molecule has 1 aromatic carbocycles. The Morgan fingerprint density at radius 3 is 2.60 bits per heavy atom. The number of carbonyl (C=O) groups is 1. The van der Waals surface area contributed by atoms with Gasteiger partial charge in [0.15, 0.2) is 0 Å². The molecule has 1 aliphatic heterocycles. The summed E-state index contributed by atoms with van der Waals surface area (Å²) in [4.78, 5) is 13.7. The number of hydrogen-bond donors (Lipinski definition) is 1. The summed E-state index contributed by atoms with van der Waals surface area (Å²) in [6.45, 7) is 0.721. The fraction of sp³-hybridized carbons (Fsp3) is 0.588. The zero-order valence-electron chi connectivity index (χ0n) is 13.8. The van der Waals surface area contributed by atoms with Gasteiger partial charge in [-0.2, -0.15) is 13.2 Å². The number of amides is 1. The number of ether oxygens (including phenoxy) is 1. The van der Waals surface area contributed by atoms with Crippen LogP contribution >= 0.6 is 0 Å². The van der Waals surface area contributed by atoms with Crippen molar-refractivity contribution in [2.75, 3.05) is 20.2 Å². The normalized spacial score (nSPS) is 22.5. The lowest BCUT2D eigenvalue weighted by atomic mass is 9.79. The van der Waals surface area contributed by atoms with Crippen LogP contribution in [0.2, 0.25) is 0 Å². The first-order chi connectivity index (χ1) is 11.7. The molecule has 2 aliphatic rings. The average Bonchev–Trinajstić information content (AvgIpc) is 2.51. The minimum absolute atomic E-state index is 0.0929. The van der Waals surface area contributed by atoms with Gasteiger partial charge in [0.1, 0.15) is 11.9 Å². The Morgan fingerprint density at radius 1 is 1.36 bits per heavy atom. The maximum absolute atomic E-state index is 13.5. The summed E-state index contributed by atoms with van der Waals surface area (Å²) in [5.41, 5.74) is -1.12. The Hall–Kier alpha value is -1.67. The SMILES string of the molecule is CN(Cc1cc(F)cc(C(F)(F)F)c1)C(=O)C1COC2(CCC2)CN1. The van der Waals surface area contributed by atoms with E-state index >= 15 is 0 Å². The van der Waals surface area contributed by atoms with Crippen LogP contribution in [0.3, 0.4) is 0 Å². The number of nitrogens with one attached hydrogen (secondary N) is 1. The number of likely N-dealkylation sites (N-methyl/N-ethyl adjacent to an activating group) is 1. The van der Waals surface area contributed by atoms with Gasteiger partial charge in [-0.15, -0.1) is 0 Å². The van der Waals surface area contributed by atoms with Crippen LogP contribution in [0.4, 0.5) is 17.6 Å². The summed E-state index contributed by atoms with van der Waals surface area (Å²) in [5, 5.41) is 3.16. The van der Waals surface area contributed by atoms with Crippen LogP contribution in [-0.2, 0) is 22.3 Å². The highest BCUT2D eigenvalue weighted by Gasteiger charge is 2.43. The van der Waals surface area contributed by atoms with Crippen molar-refractivity contribution in [2.24, 2.45) is 0 Å². The monoisotopic (exact) mass is 360 g/mol. The van der Waals surface area contributed by atoms with Gasteiger partial charge >= 0.3 is 6.18 Å². The van der Waals surface area contributed by atoms with Crippen LogP contribution in [0.1, 0.15) is 30.4 Å². The molecule has 4 nitrogen and oxygen atoms in total. The van der Waals surface area contributed by atoms with E-state index in [-0.39, 0.29) is 30.2 Å². The maximum Gasteiger partial charge on any atom is 0.416 e. The summed E-state index contributed by atoms with van der Waals surface area (Å²) in [7, 11) is 1.48. The Kier molecular flexibility index (Phi) is 4.76. The Labute approximate surface area is 143 Å². The van der Waals surface area contributed by atoms with E-state index in [9.17, 15) is 22.4 Å². The van der Waals surface area contributed by atoms with Gasteiger partial charge in [-0.1, -0.05) is 0 Å². The highest BCUT2D eigenvalue weighted by molar-refractivity contribution is 5.82. The predicted molar refractivity (Wildman–Crippen MR) is 82.2 cm³/mol. The van der Waals surface area contributed by atoms with Gasteiger partial charge in [0.05, 0.1) is 17.8 Å². The quantitative estimate of drug-likeness (QED) is 0.843. The number of halogens is 4. The maximum atomic E-state index is 13.5. The lowest BCUT2D eigenvalue weighted by Crippen LogP contribution is -2.61. The zero-order chi connectivity index (χ0) is 18.2. The third kappa shape index (κ3) is 3.95. The van der Waals surface area contributed by atoms with Gasteiger partial charge in [-0.25, -0.2) is 4.39 Å². The predicted octanol–water partition coefficient (Wildman–Crippen LogP) is 2.71. The molecule has 2 fully saturated rings. The Balaban J connectivity index is 1.63. The average molecular weight is 360 g/mol. The molecule has 1 saturated heterocycles. The number of benzene rings is 1. The molecule has 1 unspecified atom stereocenters. The molecule has 0 radical (unpaired) electrons. The molecule has 3 rings (SSSR count). The highest BCUT2D eigenvalue weighted by atomic mass is 19.4. The van der Waals surface area contributed by atoms with Gasteiger partial charge in [-0.05, 0) is 43.0 Å². The molecule has 1 amide bonds. The van der Waals surface area contributed by atoms with Crippen molar-refractivity contribution in [1.82, 2.24) is 10.2 Å². The van der Waals surface area contributed by atoms with Crippen molar-refractivity contribution in [3.05, 3.63) is 35.1 Å². The first-order valence-corrected chi connectivity index (χ1v) is 8.18. The number of hydrogen-bond acceptors (Lipinski definition) is 3. The third-order valence-corrected chi connectivity index (χ3v) is 4.87. The molecule has 25 heavy (non-hydrogen) atoms. The fourth-order valence-electron chi connectivity index (χ4n) is 3.25. The second kappa shape index (κ2) is 6.57. The summed E-state index contributed by atoms with van der Waals surface area (Å²) >= 11 is 0. The van der Waals surface area contributed by atoms with E-state index in [0.717, 1.165) is 31.4 Å². The van der Waals surface area contributed by atoms with Gasteiger partial charge in [-0.3, -0.25) is 4.79 Å². The van der Waals surface area contributed by atoms with Crippen LogP contribution in [0, 0.1) is 5.82 Å². The lowest BCUT2D eigenvalue weighted by Gasteiger charge is -2.46. The molecular weight excluding hydrogens is 340 g/mol. The number of carbonyl (C=O) groups excluding carboxylic acids is 1. The van der Waals surface area contributed by atoms with Crippen molar-refractivity contribution < 1.29 is 27.1 Å². The number of alkyl halides is 3. The van der Waals surface area contributed by atoms with E-state index in [4.69, 9.17) is 4.74 Å². The second-order valence-corrected chi connectivity index (χ2v) is 6.82. The van der Waals surface area contributed by atoms with Crippen LogP contribution in [0.25, 0.3) is 0 Å². The van der Waals surface area contributed by atoms with Crippen LogP contribution in [0.15, 0.2) is 18.2 Å². The molecule has 0 aromatic heterocycles. The van der Waals surface area contributed by atoms with Gasteiger partial charge in [0.2, 0.25) is 5.91 Å². The van der Waals surface area contributed by atoms with Crippen LogP contribution < -0.4 is 5.32 Å². The van der Waals surface area contributed by atoms with Gasteiger partial charge in [0, 0.05) is 20.1 Å². The highest BCUT2D eigenvalue weighted by Crippen LogP contribution is 2.37. The Bertz CT molecular complexity index is 649. The first-order valence-electron chi connectivity index (χ1n) is 8.18. The topological polar surface area (TPSA) is 41.6 Å². The molecule has 1 saturated carbocycles. The number of rotatable bonds is 3. The fourth-order valence-corrected chi connectivity index (χ4v) is 3.25. The second-order valence-electron chi connectivity index (χ2n) is 6.82. The molecule has 1 aromatic rings. The van der Waals surface area contributed by atoms with Crippen molar-refractivity contribution in [1.29, 1.82) is 0 Å². The third-order valence-electron chi connectivity index (χ3n) is 4.87. The molecule has 1 spiro atoms. The number of nitrogens with zero attached hydrogens (tertiary/aromatic N) is 1. The lowest BCUT2D eigenvalue weighted by molar-refractivity contribution is -0.153.